The number of aliphatic hydroxyl groups excluding tert-OH is 1. The van der Waals surface area contributed by atoms with E-state index in [-0.39, 0.29) is 18.8 Å². The Bertz CT molecular complexity index is 1550. The van der Waals surface area contributed by atoms with Gasteiger partial charge in [-0.1, -0.05) is 78.5 Å². The number of anilines is 1. The number of esters is 1. The molecule has 45 heavy (non-hydrogen) atoms. The molecule has 11 heteroatoms. The lowest BCUT2D eigenvalue weighted by Crippen LogP contribution is -2.45. The summed E-state index contributed by atoms with van der Waals surface area (Å²) in [7, 11) is 1.29. The van der Waals surface area contributed by atoms with Gasteiger partial charge in [0, 0.05) is 42.0 Å². The van der Waals surface area contributed by atoms with Crippen molar-refractivity contribution < 1.29 is 33.6 Å². The summed E-state index contributed by atoms with van der Waals surface area (Å²) in [6.45, 7) is -0.0438. The van der Waals surface area contributed by atoms with Crippen LogP contribution >= 0.6 is 11.8 Å². The Morgan fingerprint density at radius 3 is 2.36 bits per heavy atom. The summed E-state index contributed by atoms with van der Waals surface area (Å²) in [4.78, 5) is 25.1. The van der Waals surface area contributed by atoms with Gasteiger partial charge in [-0.2, -0.15) is 4.73 Å². The number of nitrogens with one attached hydrogen (secondary N) is 2. The average molecular weight is 630 g/mol. The molecule has 1 fully saturated rings. The number of thioether (sulfide) groups is 1. The minimum absolute atomic E-state index is 0.0438. The zero-order chi connectivity index (χ0) is 31.6. The number of nitrogens with zero attached hydrogens (tertiary/aromatic N) is 1. The first kappa shape index (κ1) is 32.0. The van der Waals surface area contributed by atoms with Crippen molar-refractivity contribution in [1.82, 2.24) is 5.32 Å². The highest BCUT2D eigenvalue weighted by Crippen LogP contribution is 2.39. The van der Waals surface area contributed by atoms with Crippen molar-refractivity contribution in [1.29, 1.82) is 0 Å². The molecule has 1 aliphatic rings. The van der Waals surface area contributed by atoms with Crippen molar-refractivity contribution in [2.45, 2.75) is 49.0 Å². The molecule has 5 rings (SSSR count). The fourth-order valence-corrected chi connectivity index (χ4v) is 5.89. The maximum Gasteiger partial charge on any atom is 0.328 e. The second-order valence-electron chi connectivity index (χ2n) is 10.5. The number of benzene rings is 3. The van der Waals surface area contributed by atoms with Crippen LogP contribution in [0.25, 0.3) is 0 Å². The van der Waals surface area contributed by atoms with E-state index in [4.69, 9.17) is 14.2 Å². The van der Waals surface area contributed by atoms with Gasteiger partial charge in [-0.3, -0.25) is 0 Å². The van der Waals surface area contributed by atoms with E-state index in [2.05, 4.69) is 10.6 Å². The third-order valence-electron chi connectivity index (χ3n) is 7.34. The molecule has 0 bridgehead atoms. The predicted molar refractivity (Wildman–Crippen MR) is 169 cm³/mol. The molecular formula is C34H35N3O7S. The molecule has 0 spiro atoms. The minimum Gasteiger partial charge on any atom is -0.618 e. The van der Waals surface area contributed by atoms with Crippen molar-refractivity contribution in [3.8, 4) is 0 Å². The van der Waals surface area contributed by atoms with Gasteiger partial charge in [-0.15, -0.1) is 0 Å². The van der Waals surface area contributed by atoms with E-state index in [1.54, 1.807) is 24.3 Å². The summed E-state index contributed by atoms with van der Waals surface area (Å²) in [6.07, 6.45) is 1.15. The van der Waals surface area contributed by atoms with Gasteiger partial charge in [-0.25, -0.2) is 9.59 Å². The van der Waals surface area contributed by atoms with E-state index in [0.29, 0.717) is 29.3 Å². The molecule has 0 saturated carbocycles. The number of aromatic nitrogens is 1. The zero-order valence-electron chi connectivity index (χ0n) is 24.7. The first-order valence-corrected chi connectivity index (χ1v) is 15.5. The molecule has 2 amide bonds. The number of rotatable bonds is 11. The average Bonchev–Trinajstić information content (AvgIpc) is 3.08. The standard InChI is InChI=1S/C34H35N3O7S/c1-42-32(39)29(19-23-7-3-2-4-8-23)36-34(40)35-27-16-14-26(15-17-27)33-43-28(22-45-31-9-5-6-18-37(31)41)20-30(44-33)25-12-10-24(21-38)11-13-25/h2-18,28-30,33,38H,19-22H2,1H3,(H2,35,36,40)/t28-,29-,30+,33+/m0/s1. The molecular weight excluding hydrogens is 594 g/mol. The van der Waals surface area contributed by atoms with Gasteiger partial charge in [0.05, 0.1) is 25.9 Å². The van der Waals surface area contributed by atoms with Crippen molar-refractivity contribution in [3.63, 3.8) is 0 Å². The van der Waals surface area contributed by atoms with Crippen LogP contribution in [0.15, 0.2) is 108 Å². The molecule has 4 atom stereocenters. The molecule has 2 heterocycles. The van der Waals surface area contributed by atoms with Gasteiger partial charge in [0.15, 0.2) is 12.5 Å². The number of urea groups is 1. The van der Waals surface area contributed by atoms with E-state index >= 15 is 0 Å². The van der Waals surface area contributed by atoms with Crippen LogP contribution in [0, 0.1) is 5.21 Å². The van der Waals surface area contributed by atoms with Gasteiger partial charge in [-0.05, 0) is 34.9 Å². The van der Waals surface area contributed by atoms with Crippen LogP contribution in [-0.2, 0) is 32.0 Å². The molecule has 234 valence electrons. The topological polar surface area (TPSA) is 133 Å². The molecule has 1 aromatic heterocycles. The predicted octanol–water partition coefficient (Wildman–Crippen LogP) is 5.06. The number of carbonyl (C=O) groups excluding carboxylic acids is 2. The number of ether oxygens (including phenoxy) is 3. The van der Waals surface area contributed by atoms with Crippen molar-refractivity contribution >= 4 is 29.4 Å². The monoisotopic (exact) mass is 629 g/mol. The summed E-state index contributed by atoms with van der Waals surface area (Å²) in [5, 5.41) is 27.7. The number of hydrogen-bond donors (Lipinski definition) is 3. The molecule has 1 aliphatic heterocycles. The Hall–Kier alpha value is -4.42. The Kier molecular flexibility index (Phi) is 11.0. The number of aliphatic hydroxyl groups is 1. The molecule has 4 aromatic rings. The summed E-state index contributed by atoms with van der Waals surface area (Å²) >= 11 is 1.42. The normalized spacial score (nSPS) is 18.5. The lowest BCUT2D eigenvalue weighted by molar-refractivity contribution is -0.645. The van der Waals surface area contributed by atoms with Gasteiger partial charge >= 0.3 is 12.0 Å². The summed E-state index contributed by atoms with van der Waals surface area (Å²) in [6, 6.07) is 28.0. The third kappa shape index (κ3) is 8.83. The van der Waals surface area contributed by atoms with Crippen LogP contribution < -0.4 is 15.4 Å². The van der Waals surface area contributed by atoms with Gasteiger partial charge in [0.1, 0.15) is 6.04 Å². The van der Waals surface area contributed by atoms with E-state index in [1.165, 1.54) is 25.1 Å². The largest absolute Gasteiger partial charge is 0.618 e. The quantitative estimate of drug-likeness (QED) is 0.0908. The molecule has 3 aromatic carbocycles. The third-order valence-corrected chi connectivity index (χ3v) is 8.49. The molecule has 10 nitrogen and oxygen atoms in total. The zero-order valence-corrected chi connectivity index (χ0v) is 25.5. The highest BCUT2D eigenvalue weighted by molar-refractivity contribution is 7.99. The van der Waals surface area contributed by atoms with Gasteiger partial charge in [0.25, 0.3) is 5.03 Å². The van der Waals surface area contributed by atoms with E-state index in [0.717, 1.165) is 27.0 Å². The molecule has 0 aliphatic carbocycles. The van der Waals surface area contributed by atoms with E-state index in [9.17, 15) is 19.9 Å². The highest BCUT2D eigenvalue weighted by Gasteiger charge is 2.33. The molecule has 0 unspecified atom stereocenters. The first-order valence-electron chi connectivity index (χ1n) is 14.5. The molecule has 3 N–H and O–H groups in total. The lowest BCUT2D eigenvalue weighted by atomic mass is 10.0. The van der Waals surface area contributed by atoms with Crippen LogP contribution in [-0.4, -0.2) is 42.1 Å². The van der Waals surface area contributed by atoms with Crippen molar-refractivity contribution in [2.75, 3.05) is 18.2 Å². The maximum atomic E-state index is 12.8. The van der Waals surface area contributed by atoms with Crippen LogP contribution in [0.1, 0.15) is 41.1 Å². The van der Waals surface area contributed by atoms with Gasteiger partial charge < -0.3 is 35.2 Å². The Morgan fingerprint density at radius 2 is 1.67 bits per heavy atom. The number of amides is 2. The molecule has 1 saturated heterocycles. The Balaban J connectivity index is 1.26. The smallest absolute Gasteiger partial charge is 0.328 e. The summed E-state index contributed by atoms with van der Waals surface area (Å²) < 4.78 is 18.5. The van der Waals surface area contributed by atoms with Crippen LogP contribution in [0.4, 0.5) is 10.5 Å². The number of methoxy groups -OCH3 is 1. The maximum absolute atomic E-state index is 12.8. The lowest BCUT2D eigenvalue weighted by Gasteiger charge is -2.36. The minimum atomic E-state index is -0.856. The first-order chi connectivity index (χ1) is 21.9. The van der Waals surface area contributed by atoms with Crippen LogP contribution in [0.2, 0.25) is 0 Å². The fourth-order valence-electron chi connectivity index (χ4n) is 4.96. The SMILES string of the molecule is COC(=O)[C@H](Cc1ccccc1)NC(=O)Nc1ccc([C@@H]2O[C@H](CSc3cccc[n+]3[O-])C[C@H](c3ccc(CO)cc3)O2)cc1. The molecule has 0 radical (unpaired) electrons. The van der Waals surface area contributed by atoms with Crippen LogP contribution in [0.5, 0.6) is 0 Å². The fraction of sp³-hybridized carbons (Fsp3) is 0.265. The van der Waals surface area contributed by atoms with Gasteiger partial charge in [0.2, 0.25) is 0 Å². The second kappa shape index (κ2) is 15.5. The van der Waals surface area contributed by atoms with Crippen molar-refractivity contribution in [2.24, 2.45) is 0 Å². The second-order valence-corrected chi connectivity index (χ2v) is 11.6. The van der Waals surface area contributed by atoms with E-state index in [1.807, 2.05) is 72.8 Å². The summed E-state index contributed by atoms with van der Waals surface area (Å²) in [5.74, 6) is 0.00292. The Morgan fingerprint density at radius 1 is 0.956 bits per heavy atom. The number of hydrogen-bond acceptors (Lipinski definition) is 8. The van der Waals surface area contributed by atoms with E-state index < -0.39 is 24.3 Å². The number of pyridine rings is 1. The van der Waals surface area contributed by atoms with Crippen molar-refractivity contribution in [3.05, 3.63) is 131 Å². The highest BCUT2D eigenvalue weighted by atomic mass is 32.2. The summed E-state index contributed by atoms with van der Waals surface area (Å²) in [5.41, 5.74) is 3.93. The number of carbonyl (C=O) groups is 2. The van der Waals surface area contributed by atoms with Crippen LogP contribution in [0.3, 0.4) is 0 Å². The Labute approximate surface area is 265 Å².